The van der Waals surface area contributed by atoms with Gasteiger partial charge in [-0.15, -0.1) is 0 Å². The molecule has 144 valence electrons. The summed E-state index contributed by atoms with van der Waals surface area (Å²) >= 11 is 12.1. The summed E-state index contributed by atoms with van der Waals surface area (Å²) in [6.45, 7) is 5.79. The molecular formula is C20H23Cl2N3O2. The number of halogens is 2. The molecule has 2 amide bonds. The van der Waals surface area contributed by atoms with Crippen LogP contribution in [0.3, 0.4) is 0 Å². The van der Waals surface area contributed by atoms with Crippen LogP contribution in [0.15, 0.2) is 36.4 Å². The molecule has 0 saturated heterocycles. The van der Waals surface area contributed by atoms with Crippen LogP contribution >= 0.6 is 23.2 Å². The highest BCUT2D eigenvalue weighted by Gasteiger charge is 2.12. The quantitative estimate of drug-likeness (QED) is 0.648. The number of nitrogens with one attached hydrogen (secondary N) is 3. The fraction of sp³-hybridized carbons (Fsp3) is 0.300. The maximum atomic E-state index is 12.0. The fourth-order valence-electron chi connectivity index (χ4n) is 2.53. The highest BCUT2D eigenvalue weighted by Crippen LogP contribution is 2.25. The lowest BCUT2D eigenvalue weighted by molar-refractivity contribution is -0.123. The Bertz CT molecular complexity index is 840. The second-order valence-corrected chi connectivity index (χ2v) is 7.18. The molecule has 27 heavy (non-hydrogen) atoms. The molecule has 0 fully saturated rings. The van der Waals surface area contributed by atoms with Gasteiger partial charge in [0, 0.05) is 21.8 Å². The third-order valence-electron chi connectivity index (χ3n) is 4.32. The van der Waals surface area contributed by atoms with Crippen LogP contribution in [0.5, 0.6) is 0 Å². The minimum Gasteiger partial charge on any atom is -0.346 e. The summed E-state index contributed by atoms with van der Waals surface area (Å²) in [7, 11) is 0. The molecule has 2 aromatic rings. The van der Waals surface area contributed by atoms with E-state index in [-0.39, 0.29) is 30.9 Å². The number of anilines is 1. The molecule has 2 rings (SSSR count). The van der Waals surface area contributed by atoms with E-state index in [1.807, 2.05) is 45.0 Å². The predicted octanol–water partition coefficient (Wildman–Crippen LogP) is 4.02. The first-order valence-electron chi connectivity index (χ1n) is 8.59. The van der Waals surface area contributed by atoms with Crippen molar-refractivity contribution in [1.29, 1.82) is 0 Å². The molecule has 0 aromatic heterocycles. The molecule has 0 radical (unpaired) electrons. The first-order chi connectivity index (χ1) is 12.8. The number of carbonyl (C=O) groups excluding carboxylic acids is 2. The normalized spacial score (nSPS) is 11.7. The summed E-state index contributed by atoms with van der Waals surface area (Å²) in [6.07, 6.45) is 0. The van der Waals surface area contributed by atoms with E-state index in [0.29, 0.717) is 10.0 Å². The van der Waals surface area contributed by atoms with Crippen molar-refractivity contribution in [2.24, 2.45) is 0 Å². The number of rotatable bonds is 7. The summed E-state index contributed by atoms with van der Waals surface area (Å²) < 4.78 is 0. The third kappa shape index (κ3) is 6.24. The van der Waals surface area contributed by atoms with Crippen LogP contribution in [0.2, 0.25) is 10.0 Å². The lowest BCUT2D eigenvalue weighted by atomic mass is 10.1. The average Bonchev–Trinajstić information content (AvgIpc) is 2.62. The van der Waals surface area contributed by atoms with E-state index in [4.69, 9.17) is 23.2 Å². The zero-order chi connectivity index (χ0) is 20.0. The van der Waals surface area contributed by atoms with E-state index in [1.165, 1.54) is 0 Å². The minimum atomic E-state index is -0.275. The Morgan fingerprint density at radius 2 is 1.78 bits per heavy atom. The van der Waals surface area contributed by atoms with Crippen LogP contribution in [-0.4, -0.2) is 24.9 Å². The van der Waals surface area contributed by atoms with Gasteiger partial charge in [0.05, 0.1) is 13.1 Å². The van der Waals surface area contributed by atoms with Gasteiger partial charge in [0.2, 0.25) is 11.8 Å². The van der Waals surface area contributed by atoms with Gasteiger partial charge in [0.1, 0.15) is 0 Å². The van der Waals surface area contributed by atoms with Crippen molar-refractivity contribution in [2.45, 2.75) is 26.8 Å². The van der Waals surface area contributed by atoms with Crippen LogP contribution in [0.4, 0.5) is 5.69 Å². The molecule has 0 heterocycles. The maximum absolute atomic E-state index is 12.0. The first-order valence-corrected chi connectivity index (χ1v) is 9.34. The monoisotopic (exact) mass is 407 g/mol. The van der Waals surface area contributed by atoms with Gasteiger partial charge >= 0.3 is 0 Å². The molecule has 0 aliphatic heterocycles. The Balaban J connectivity index is 1.78. The molecule has 0 spiro atoms. The number of benzene rings is 2. The van der Waals surface area contributed by atoms with Gasteiger partial charge in [0.25, 0.3) is 0 Å². The minimum absolute atomic E-state index is 0.0663. The molecule has 1 atom stereocenters. The van der Waals surface area contributed by atoms with Crippen molar-refractivity contribution in [3.05, 3.63) is 63.1 Å². The summed E-state index contributed by atoms with van der Waals surface area (Å²) in [5.74, 6) is -0.547. The Kier molecular flexibility index (Phi) is 7.66. The molecule has 5 nitrogen and oxygen atoms in total. The molecule has 7 heteroatoms. The van der Waals surface area contributed by atoms with Gasteiger partial charge in [-0.1, -0.05) is 41.4 Å². The van der Waals surface area contributed by atoms with E-state index in [1.54, 1.807) is 12.1 Å². The molecule has 3 N–H and O–H groups in total. The molecular weight excluding hydrogens is 385 g/mol. The fourth-order valence-corrected chi connectivity index (χ4v) is 3.10. The number of hydrogen-bond acceptors (Lipinski definition) is 3. The highest BCUT2D eigenvalue weighted by molar-refractivity contribution is 6.35. The average molecular weight is 408 g/mol. The molecule has 0 saturated carbocycles. The SMILES string of the molecule is Cc1cccc(NC(=O)CNC(=O)CN[C@@H](C)c2ccc(Cl)cc2Cl)c1C. The standard InChI is InChI=1S/C20H23Cl2N3O2/c1-12-5-4-6-18(13(12)2)25-20(27)11-24-19(26)10-23-14(3)16-8-7-15(21)9-17(16)22/h4-9,14,23H,10-11H2,1-3H3,(H,24,26)(H,25,27)/t14-/m0/s1. The van der Waals surface area contributed by atoms with Crippen molar-refractivity contribution >= 4 is 40.7 Å². The van der Waals surface area contributed by atoms with Gasteiger partial charge in [-0.2, -0.15) is 0 Å². The lowest BCUT2D eigenvalue weighted by Gasteiger charge is -2.16. The molecule has 2 aromatic carbocycles. The van der Waals surface area contributed by atoms with E-state index >= 15 is 0 Å². The zero-order valence-corrected chi connectivity index (χ0v) is 17.0. The number of amides is 2. The van der Waals surface area contributed by atoms with Crippen molar-refractivity contribution in [3.63, 3.8) is 0 Å². The summed E-state index contributed by atoms with van der Waals surface area (Å²) in [6, 6.07) is 10.8. The highest BCUT2D eigenvalue weighted by atomic mass is 35.5. The van der Waals surface area contributed by atoms with E-state index in [0.717, 1.165) is 22.4 Å². The van der Waals surface area contributed by atoms with Crippen LogP contribution in [0, 0.1) is 13.8 Å². The van der Waals surface area contributed by atoms with Crippen LogP contribution < -0.4 is 16.0 Å². The number of aryl methyl sites for hydroxylation is 1. The van der Waals surface area contributed by atoms with Crippen molar-refractivity contribution < 1.29 is 9.59 Å². The molecule has 0 aliphatic rings. The molecule has 0 aliphatic carbocycles. The van der Waals surface area contributed by atoms with E-state index < -0.39 is 0 Å². The summed E-state index contributed by atoms with van der Waals surface area (Å²) in [4.78, 5) is 24.0. The smallest absolute Gasteiger partial charge is 0.243 e. The van der Waals surface area contributed by atoms with Crippen LogP contribution in [0.1, 0.15) is 29.7 Å². The molecule has 0 unspecified atom stereocenters. The number of carbonyl (C=O) groups is 2. The Labute approximate surface area is 169 Å². The van der Waals surface area contributed by atoms with Crippen molar-refractivity contribution in [2.75, 3.05) is 18.4 Å². The topological polar surface area (TPSA) is 70.2 Å². The van der Waals surface area contributed by atoms with Crippen molar-refractivity contribution in [1.82, 2.24) is 10.6 Å². The van der Waals surface area contributed by atoms with Crippen LogP contribution in [0.25, 0.3) is 0 Å². The first kappa shape index (κ1) is 21.2. The van der Waals surface area contributed by atoms with Gasteiger partial charge < -0.3 is 16.0 Å². The Hall–Kier alpha value is -2.08. The second-order valence-electron chi connectivity index (χ2n) is 6.34. The largest absolute Gasteiger partial charge is 0.346 e. The molecule has 0 bridgehead atoms. The van der Waals surface area contributed by atoms with E-state index in [9.17, 15) is 9.59 Å². The van der Waals surface area contributed by atoms with Gasteiger partial charge in [-0.05, 0) is 55.7 Å². The maximum Gasteiger partial charge on any atom is 0.243 e. The summed E-state index contributed by atoms with van der Waals surface area (Å²) in [5.41, 5.74) is 3.70. The zero-order valence-electron chi connectivity index (χ0n) is 15.5. The van der Waals surface area contributed by atoms with Gasteiger partial charge in [-0.25, -0.2) is 0 Å². The predicted molar refractivity (Wildman–Crippen MR) is 110 cm³/mol. The summed E-state index contributed by atoms with van der Waals surface area (Å²) in [5, 5.41) is 9.58. The van der Waals surface area contributed by atoms with Gasteiger partial charge in [-0.3, -0.25) is 9.59 Å². The number of hydrogen-bond donors (Lipinski definition) is 3. The van der Waals surface area contributed by atoms with Crippen LogP contribution in [-0.2, 0) is 9.59 Å². The van der Waals surface area contributed by atoms with Gasteiger partial charge in [0.15, 0.2) is 0 Å². The third-order valence-corrected chi connectivity index (χ3v) is 4.89. The van der Waals surface area contributed by atoms with E-state index in [2.05, 4.69) is 16.0 Å². The Morgan fingerprint density at radius 1 is 1.04 bits per heavy atom. The Morgan fingerprint density at radius 3 is 2.48 bits per heavy atom. The second kappa shape index (κ2) is 9.74. The van der Waals surface area contributed by atoms with Crippen molar-refractivity contribution in [3.8, 4) is 0 Å². The lowest BCUT2D eigenvalue weighted by Crippen LogP contribution is -2.39.